The number of rotatable bonds is 38. The van der Waals surface area contributed by atoms with Crippen LogP contribution >= 0.6 is 0 Å². The van der Waals surface area contributed by atoms with E-state index in [2.05, 4.69) is 41.9 Å². The molecule has 0 aromatic carbocycles. The topological polar surface area (TPSA) is 253 Å². The number of amides is 5. The van der Waals surface area contributed by atoms with Crippen molar-refractivity contribution in [3.05, 3.63) is 0 Å². The number of carbonyl (C=O) groups excluding carboxylic acids is 6. The molecular weight excluding hydrogens is 775 g/mol. The van der Waals surface area contributed by atoms with Gasteiger partial charge in [-0.05, 0) is 104 Å². The van der Waals surface area contributed by atoms with E-state index in [1.807, 2.05) is 20.8 Å². The summed E-state index contributed by atoms with van der Waals surface area (Å²) >= 11 is 0. The van der Waals surface area contributed by atoms with E-state index in [0.29, 0.717) is 84.1 Å². The average molecular weight is 862 g/mol. The van der Waals surface area contributed by atoms with Crippen molar-refractivity contribution < 1.29 is 53.9 Å². The minimum absolute atomic E-state index is 0.0241. The number of ether oxygens (including phenoxy) is 1. The van der Waals surface area contributed by atoms with Crippen LogP contribution in [-0.2, 0) is 33.5 Å². The Morgan fingerprint density at radius 2 is 1.08 bits per heavy atom. The number of hydrogen-bond acceptors (Lipinski definition) is 11. The van der Waals surface area contributed by atoms with E-state index in [1.165, 1.54) is 0 Å². The summed E-state index contributed by atoms with van der Waals surface area (Å²) in [7, 11) is 0. The maximum Gasteiger partial charge on any atom is 0.242 e. The number of Topliss-reactive ketones (excluding diaryl/α,β-unsaturated/α-hetero) is 1. The van der Waals surface area contributed by atoms with E-state index in [-0.39, 0.29) is 55.3 Å². The second-order valence-electron chi connectivity index (χ2n) is 17.2. The van der Waals surface area contributed by atoms with Gasteiger partial charge in [-0.3, -0.25) is 28.8 Å². The highest BCUT2D eigenvalue weighted by Crippen LogP contribution is 2.31. The van der Waals surface area contributed by atoms with Crippen molar-refractivity contribution in [3.63, 3.8) is 0 Å². The predicted octanol–water partition coefficient (Wildman–Crippen LogP) is 2.71. The maximum absolute atomic E-state index is 13.6. The highest BCUT2D eigenvalue weighted by Gasteiger charge is 2.32. The van der Waals surface area contributed by atoms with E-state index in [0.717, 1.165) is 70.6 Å². The molecule has 0 spiro atoms. The van der Waals surface area contributed by atoms with Crippen molar-refractivity contribution in [2.45, 2.75) is 173 Å². The minimum atomic E-state index is -1.18. The zero-order valence-electron chi connectivity index (χ0n) is 39.9. The van der Waals surface area contributed by atoms with Crippen molar-refractivity contribution in [3.8, 4) is 0 Å². The molecule has 60 heavy (non-hydrogen) atoms. The summed E-state index contributed by atoms with van der Waals surface area (Å²) < 4.78 is 26.3. The van der Waals surface area contributed by atoms with Gasteiger partial charge in [-0.15, -0.1) is 0 Å². The molecule has 16 nitrogen and oxygen atoms in total. The molecular formula is C44H81N5O11. The van der Waals surface area contributed by atoms with Gasteiger partial charge in [-0.2, -0.15) is 0 Å². The number of ketones is 1. The van der Waals surface area contributed by atoms with Crippen LogP contribution in [0.5, 0.6) is 0 Å². The second kappa shape index (κ2) is 33.4. The molecule has 1 saturated carbocycles. The molecule has 0 radical (unpaired) electrons. The van der Waals surface area contributed by atoms with Gasteiger partial charge in [0.2, 0.25) is 33.8 Å². The lowest BCUT2D eigenvalue weighted by atomic mass is 9.78. The van der Waals surface area contributed by atoms with Crippen LogP contribution in [0.1, 0.15) is 156 Å². The van der Waals surface area contributed by atoms with Gasteiger partial charge in [-0.25, -0.2) is 0 Å². The third-order valence-corrected chi connectivity index (χ3v) is 10.8. The van der Waals surface area contributed by atoms with Gasteiger partial charge < -0.3 is 51.8 Å². The van der Waals surface area contributed by atoms with Crippen LogP contribution in [0.15, 0.2) is 0 Å². The zero-order valence-corrected chi connectivity index (χ0v) is 36.9. The Kier molecular flexibility index (Phi) is 27.6. The van der Waals surface area contributed by atoms with E-state index in [4.69, 9.17) is 9.03 Å². The van der Waals surface area contributed by atoms with Gasteiger partial charge in [0.05, 0.1) is 24.7 Å². The molecule has 0 saturated heterocycles. The first kappa shape index (κ1) is 49.5. The van der Waals surface area contributed by atoms with Crippen LogP contribution < -0.4 is 26.6 Å². The Labute approximate surface area is 363 Å². The highest BCUT2D eigenvalue weighted by molar-refractivity contribution is 5.92. The molecule has 348 valence electrons. The molecule has 1 fully saturated rings. The molecule has 0 aromatic heterocycles. The van der Waals surface area contributed by atoms with Crippen LogP contribution in [0.3, 0.4) is 0 Å². The van der Waals surface area contributed by atoms with E-state index in [1.54, 1.807) is 0 Å². The standard InChI is InChI=1S/C44H81N5O11/c1-44(2,3)60-32-33-16-18-34(19-17-33)38(54)30-35(31-53)41(57)49-37(43(59)47-26-12-6-9-15-29-52)21-23-40(56)48-36(42(58)46-25-11-5-8-14-28-51)20-22-39(55)45-24-10-4-7-13-27-50/h33-37,50-53H,4-32H2,1-3H3,(H,45,55)(H,46,58)(H,47,59)(H,48,56)(H,49,57)/t33?,34?,35-,36?,37?/m1/s1/i50T,51T,52T. The van der Waals surface area contributed by atoms with Crippen molar-refractivity contribution >= 4 is 35.3 Å². The number of nitrogens with one attached hydrogen (secondary N) is 5. The average Bonchev–Trinajstić information content (AvgIpc) is 3.26. The summed E-state index contributed by atoms with van der Waals surface area (Å²) in [6, 6.07) is -2.22. The van der Waals surface area contributed by atoms with Crippen molar-refractivity contribution in [2.24, 2.45) is 17.8 Å². The molecule has 1 aliphatic rings. The van der Waals surface area contributed by atoms with Gasteiger partial charge in [-0.1, -0.05) is 38.5 Å². The van der Waals surface area contributed by atoms with Crippen LogP contribution in [-0.4, -0.2) is 130 Å². The van der Waals surface area contributed by atoms with Gasteiger partial charge in [0.15, 0.2) is 0 Å². The smallest absolute Gasteiger partial charge is 0.242 e. The van der Waals surface area contributed by atoms with Crippen LogP contribution in [0.25, 0.3) is 0 Å². The van der Waals surface area contributed by atoms with Crippen molar-refractivity contribution in [2.75, 3.05) is 52.7 Å². The third-order valence-electron chi connectivity index (χ3n) is 10.8. The molecule has 5 amide bonds. The lowest BCUT2D eigenvalue weighted by Gasteiger charge is -2.30. The summed E-state index contributed by atoms with van der Waals surface area (Å²) in [5.41, 5.74) is -0.246. The third kappa shape index (κ3) is 26.9. The first-order valence-corrected chi connectivity index (χ1v) is 22.7. The Hall–Kier alpha value is -3.18. The number of carbonyl (C=O) groups is 6. The largest absolute Gasteiger partial charge is 0.396 e. The monoisotopic (exact) mass is 862 g/mol. The number of hydrogen-bond donors (Lipinski definition) is 9. The van der Waals surface area contributed by atoms with Crippen LogP contribution in [0.2, 0.25) is 0 Å². The lowest BCUT2D eigenvalue weighted by Crippen LogP contribution is -2.51. The molecule has 3 atom stereocenters. The Morgan fingerprint density at radius 1 is 0.617 bits per heavy atom. The van der Waals surface area contributed by atoms with Gasteiger partial charge in [0.1, 0.15) is 17.9 Å². The molecule has 1 aliphatic carbocycles. The summed E-state index contributed by atoms with van der Waals surface area (Å²) in [6.07, 6.45) is 11.6. The summed E-state index contributed by atoms with van der Waals surface area (Å²) in [5.74, 6) is -3.58. The van der Waals surface area contributed by atoms with Gasteiger partial charge in [0.25, 0.3) is 0 Å². The van der Waals surface area contributed by atoms with Crippen molar-refractivity contribution in [1.82, 2.24) is 26.6 Å². The second-order valence-corrected chi connectivity index (χ2v) is 17.2. The lowest BCUT2D eigenvalue weighted by molar-refractivity contribution is -0.135. The molecule has 0 heterocycles. The minimum Gasteiger partial charge on any atom is -0.396 e. The molecule has 16 heteroatoms. The van der Waals surface area contributed by atoms with E-state index >= 15 is 0 Å². The first-order valence-electron chi connectivity index (χ1n) is 23.9. The van der Waals surface area contributed by atoms with Gasteiger partial charge in [0, 0.05) is 64.6 Å². The number of aliphatic hydroxyl groups is 4. The molecule has 9 N–H and O–H groups in total. The van der Waals surface area contributed by atoms with Crippen molar-refractivity contribution in [1.29, 1.82) is 4.29 Å². The highest BCUT2D eigenvalue weighted by atomic mass is 16.5. The summed E-state index contributed by atoms with van der Waals surface area (Å²) in [4.78, 5) is 79.8. The zero-order chi connectivity index (χ0) is 46.7. The van der Waals surface area contributed by atoms with E-state index in [9.17, 15) is 33.9 Å². The predicted molar refractivity (Wildman–Crippen MR) is 229 cm³/mol. The normalized spacial score (nSPS) is 17.6. The fraction of sp³-hybridized carbons (Fsp3) is 0.864. The molecule has 0 aliphatic heterocycles. The molecule has 0 aromatic rings. The first-order chi connectivity index (χ1) is 30.2. The maximum atomic E-state index is 13.6. The Balaban J connectivity index is 2.94. The van der Waals surface area contributed by atoms with E-state index < -0.39 is 48.2 Å². The quantitative estimate of drug-likeness (QED) is 0.0408. The van der Waals surface area contributed by atoms with Crippen LogP contribution in [0, 0.1) is 17.8 Å². The fourth-order valence-electron chi connectivity index (χ4n) is 7.04. The van der Waals surface area contributed by atoms with Gasteiger partial charge >= 0.3 is 0 Å². The Bertz CT molecular complexity index is 1290. The fourth-order valence-corrected chi connectivity index (χ4v) is 7.04. The molecule has 0 bridgehead atoms. The molecule has 2 unspecified atom stereocenters. The summed E-state index contributed by atoms with van der Waals surface area (Å²) in [6.45, 7) is 8.14. The van der Waals surface area contributed by atoms with Crippen LogP contribution in [0.4, 0.5) is 0 Å². The number of unbranched alkanes of at least 4 members (excludes halogenated alkanes) is 9. The Morgan fingerprint density at radius 3 is 1.57 bits per heavy atom. The number of aliphatic hydroxyl groups excluding tert-OH is 4. The summed E-state index contributed by atoms with van der Waals surface area (Å²) in [5, 5.41) is 37.1. The molecule has 1 rings (SSSR count). The SMILES string of the molecule is [3H]OCCCCCCNC(=O)CCC(NC(=O)CCC(NC(=O)[C@@H](CO)CC(=O)C1CCC(COC(C)(C)C)CC1)C(=O)NCCCCCCO[3H])C(=O)NCCCCCCO[3H].